The van der Waals surface area contributed by atoms with Gasteiger partial charge < -0.3 is 24.2 Å². The fourth-order valence-electron chi connectivity index (χ4n) is 4.13. The van der Waals surface area contributed by atoms with Crippen LogP contribution in [-0.2, 0) is 16.1 Å². The lowest BCUT2D eigenvalue weighted by Crippen LogP contribution is -2.29. The maximum absolute atomic E-state index is 13.3. The van der Waals surface area contributed by atoms with Gasteiger partial charge in [0.05, 0.1) is 25.8 Å². The smallest absolute Gasteiger partial charge is 0.295 e. The van der Waals surface area contributed by atoms with E-state index in [1.807, 2.05) is 6.07 Å². The number of aliphatic hydroxyl groups is 1. The number of amides is 1. The Kier molecular flexibility index (Phi) is 7.34. The molecule has 0 spiro atoms. The van der Waals surface area contributed by atoms with Gasteiger partial charge in [-0.05, 0) is 54.1 Å². The first-order chi connectivity index (χ1) is 17.5. The Bertz CT molecular complexity index is 1300. The Morgan fingerprint density at radius 3 is 2.47 bits per heavy atom. The highest BCUT2D eigenvalue weighted by molar-refractivity contribution is 6.46. The van der Waals surface area contributed by atoms with Gasteiger partial charge in [-0.15, -0.1) is 0 Å². The quantitative estimate of drug-likeness (QED) is 0.209. The minimum atomic E-state index is -0.924. The molecule has 1 aliphatic heterocycles. The summed E-state index contributed by atoms with van der Waals surface area (Å²) in [6.45, 7) is 4.06. The van der Waals surface area contributed by atoms with E-state index in [0.29, 0.717) is 35.0 Å². The first kappa shape index (κ1) is 24.5. The van der Waals surface area contributed by atoms with Gasteiger partial charge in [0, 0.05) is 30.1 Å². The van der Waals surface area contributed by atoms with Crippen molar-refractivity contribution in [2.24, 2.45) is 0 Å². The molecule has 184 valence electrons. The fourth-order valence-corrected chi connectivity index (χ4v) is 4.13. The molecule has 0 saturated carbocycles. The standard InChI is InChI=1S/C28H26N2O6/c1-4-14-36-20-9-7-19(8-10-20)26(31)24-25(22-15-21(34-2)11-12-23(22)35-3)30(28(33)27(24)32)17-18-6-5-13-29-16-18/h4-13,15-16,25,31H,1,14,17H2,2-3H3/t25-/m0/s1. The summed E-state index contributed by atoms with van der Waals surface area (Å²) in [5, 5.41) is 11.3. The van der Waals surface area contributed by atoms with E-state index in [9.17, 15) is 14.7 Å². The van der Waals surface area contributed by atoms with Crippen LogP contribution in [0.25, 0.3) is 5.76 Å². The van der Waals surface area contributed by atoms with E-state index >= 15 is 0 Å². The number of pyridine rings is 1. The Hall–Kier alpha value is -4.59. The van der Waals surface area contributed by atoms with Gasteiger partial charge in [-0.25, -0.2) is 0 Å². The molecule has 1 saturated heterocycles. The molecule has 1 atom stereocenters. The largest absolute Gasteiger partial charge is 0.507 e. The summed E-state index contributed by atoms with van der Waals surface area (Å²) in [4.78, 5) is 32.1. The average Bonchev–Trinajstić information content (AvgIpc) is 3.16. The highest BCUT2D eigenvalue weighted by Crippen LogP contribution is 2.44. The molecule has 0 unspecified atom stereocenters. The third-order valence-electron chi connectivity index (χ3n) is 5.84. The van der Waals surface area contributed by atoms with Gasteiger partial charge in [0.25, 0.3) is 11.7 Å². The highest BCUT2D eigenvalue weighted by Gasteiger charge is 2.47. The van der Waals surface area contributed by atoms with Crippen LogP contribution in [0.15, 0.2) is 85.2 Å². The molecule has 2 heterocycles. The predicted molar refractivity (Wildman–Crippen MR) is 134 cm³/mol. The number of rotatable bonds is 9. The number of carbonyl (C=O) groups is 2. The molecule has 1 amide bonds. The van der Waals surface area contributed by atoms with E-state index in [-0.39, 0.29) is 17.9 Å². The van der Waals surface area contributed by atoms with Crippen molar-refractivity contribution in [2.75, 3.05) is 20.8 Å². The number of ketones is 1. The summed E-state index contributed by atoms with van der Waals surface area (Å²) in [5.41, 5.74) is 1.56. The lowest BCUT2D eigenvalue weighted by atomic mass is 9.94. The zero-order valence-corrected chi connectivity index (χ0v) is 20.0. The van der Waals surface area contributed by atoms with Crippen LogP contribution in [0.3, 0.4) is 0 Å². The number of Topliss-reactive ketones (excluding diaryl/α,β-unsaturated/α-hetero) is 1. The minimum absolute atomic E-state index is 0.0461. The Labute approximate surface area is 209 Å². The summed E-state index contributed by atoms with van der Waals surface area (Å²) in [6, 6.07) is 14.4. The molecule has 8 heteroatoms. The predicted octanol–water partition coefficient (Wildman–Crippen LogP) is 4.29. The van der Waals surface area contributed by atoms with E-state index in [1.54, 1.807) is 67.0 Å². The number of carbonyl (C=O) groups excluding carboxylic acids is 2. The molecule has 36 heavy (non-hydrogen) atoms. The highest BCUT2D eigenvalue weighted by atomic mass is 16.5. The molecule has 0 bridgehead atoms. The SMILES string of the molecule is C=CCOc1ccc(C(O)=C2C(=O)C(=O)N(Cc3cccnc3)[C@H]2c2cc(OC)ccc2OC)cc1. The number of benzene rings is 2. The maximum Gasteiger partial charge on any atom is 0.295 e. The Morgan fingerprint density at radius 1 is 1.08 bits per heavy atom. The number of aliphatic hydroxyl groups excluding tert-OH is 1. The molecule has 0 radical (unpaired) electrons. The second-order valence-corrected chi connectivity index (χ2v) is 8.02. The summed E-state index contributed by atoms with van der Waals surface area (Å²) in [7, 11) is 3.02. The van der Waals surface area contributed by atoms with Gasteiger partial charge in [0.2, 0.25) is 0 Å². The van der Waals surface area contributed by atoms with E-state index in [0.717, 1.165) is 5.56 Å². The normalized spacial score (nSPS) is 16.6. The van der Waals surface area contributed by atoms with Crippen LogP contribution in [-0.4, -0.2) is 47.5 Å². The van der Waals surface area contributed by atoms with Crippen LogP contribution >= 0.6 is 0 Å². The third-order valence-corrected chi connectivity index (χ3v) is 5.84. The lowest BCUT2D eigenvalue weighted by Gasteiger charge is -2.27. The Balaban J connectivity index is 1.87. The Morgan fingerprint density at radius 2 is 1.83 bits per heavy atom. The first-order valence-electron chi connectivity index (χ1n) is 11.2. The van der Waals surface area contributed by atoms with Gasteiger partial charge in [0.15, 0.2) is 0 Å². The molecule has 1 aromatic heterocycles. The van der Waals surface area contributed by atoms with Gasteiger partial charge in [-0.2, -0.15) is 0 Å². The zero-order valence-electron chi connectivity index (χ0n) is 20.0. The van der Waals surface area contributed by atoms with Crippen molar-refractivity contribution in [3.63, 3.8) is 0 Å². The molecule has 3 aromatic rings. The number of hydrogen-bond donors (Lipinski definition) is 1. The molecule has 0 aliphatic carbocycles. The monoisotopic (exact) mass is 486 g/mol. The first-order valence-corrected chi connectivity index (χ1v) is 11.2. The van der Waals surface area contributed by atoms with Gasteiger partial charge in [-0.3, -0.25) is 14.6 Å². The van der Waals surface area contributed by atoms with E-state index in [2.05, 4.69) is 11.6 Å². The number of nitrogens with zero attached hydrogens (tertiary/aromatic N) is 2. The molecule has 1 N–H and O–H groups in total. The molecule has 2 aromatic carbocycles. The summed E-state index contributed by atoms with van der Waals surface area (Å²) in [5.74, 6) is -0.291. The van der Waals surface area contributed by atoms with Crippen LogP contribution in [0.5, 0.6) is 17.2 Å². The average molecular weight is 487 g/mol. The van der Waals surface area contributed by atoms with Gasteiger partial charge in [0.1, 0.15) is 29.6 Å². The topological polar surface area (TPSA) is 98.2 Å². The van der Waals surface area contributed by atoms with Crippen LogP contribution < -0.4 is 14.2 Å². The lowest BCUT2D eigenvalue weighted by molar-refractivity contribution is -0.140. The zero-order chi connectivity index (χ0) is 25.7. The minimum Gasteiger partial charge on any atom is -0.507 e. The fraction of sp³-hybridized carbons (Fsp3) is 0.179. The molecule has 4 rings (SSSR count). The maximum atomic E-state index is 13.3. The van der Waals surface area contributed by atoms with Crippen LogP contribution in [0.1, 0.15) is 22.7 Å². The second-order valence-electron chi connectivity index (χ2n) is 8.02. The second kappa shape index (κ2) is 10.8. The van der Waals surface area contributed by atoms with E-state index < -0.39 is 17.7 Å². The summed E-state index contributed by atoms with van der Waals surface area (Å²) >= 11 is 0. The number of ether oxygens (including phenoxy) is 3. The number of methoxy groups -OCH3 is 2. The van der Waals surface area contributed by atoms with E-state index in [1.165, 1.54) is 19.1 Å². The summed E-state index contributed by atoms with van der Waals surface area (Å²) < 4.78 is 16.5. The molecular weight excluding hydrogens is 460 g/mol. The van der Waals surface area contributed by atoms with Gasteiger partial charge in [-0.1, -0.05) is 18.7 Å². The van der Waals surface area contributed by atoms with Crippen molar-refractivity contribution in [2.45, 2.75) is 12.6 Å². The molecule has 1 fully saturated rings. The van der Waals surface area contributed by atoms with Crippen molar-refractivity contribution in [3.8, 4) is 17.2 Å². The van der Waals surface area contributed by atoms with Crippen LogP contribution in [0, 0.1) is 0 Å². The number of likely N-dealkylation sites (tertiary alicyclic amines) is 1. The molecular formula is C28H26N2O6. The van der Waals surface area contributed by atoms with Crippen molar-refractivity contribution in [1.82, 2.24) is 9.88 Å². The van der Waals surface area contributed by atoms with Crippen LogP contribution in [0.2, 0.25) is 0 Å². The molecule has 1 aliphatic rings. The number of hydrogen-bond acceptors (Lipinski definition) is 7. The third kappa shape index (κ3) is 4.79. The van der Waals surface area contributed by atoms with Crippen LogP contribution in [0.4, 0.5) is 0 Å². The number of aromatic nitrogens is 1. The van der Waals surface area contributed by atoms with Crippen molar-refractivity contribution in [3.05, 3.63) is 102 Å². The molecule has 8 nitrogen and oxygen atoms in total. The summed E-state index contributed by atoms with van der Waals surface area (Å²) in [6.07, 6.45) is 4.88. The van der Waals surface area contributed by atoms with Gasteiger partial charge >= 0.3 is 0 Å². The van der Waals surface area contributed by atoms with Crippen molar-refractivity contribution < 1.29 is 28.9 Å². The van der Waals surface area contributed by atoms with E-state index in [4.69, 9.17) is 14.2 Å². The van der Waals surface area contributed by atoms with Crippen molar-refractivity contribution >= 4 is 17.4 Å². The van der Waals surface area contributed by atoms with Crippen molar-refractivity contribution in [1.29, 1.82) is 0 Å².